The minimum atomic E-state index is -1.22. The van der Waals surface area contributed by atoms with Crippen molar-refractivity contribution in [3.63, 3.8) is 0 Å². The number of aliphatic carboxylic acids is 3. The van der Waals surface area contributed by atoms with Crippen LogP contribution in [0.4, 0.5) is 0 Å². The van der Waals surface area contributed by atoms with Gasteiger partial charge in [0, 0.05) is 19.6 Å². The molecule has 0 atom stereocenters. The van der Waals surface area contributed by atoms with E-state index in [0.717, 1.165) is 0 Å². The molecule has 0 aliphatic heterocycles. The molecule has 0 heterocycles. The first-order valence-corrected chi connectivity index (χ1v) is 3.51. The number of nitrogens with two attached hydrogens (primary N) is 3. The van der Waals surface area contributed by atoms with Gasteiger partial charge >= 0.3 is 17.4 Å². The number of hydrogen-bond acceptors (Lipinski definition) is 9. The predicted octanol–water partition coefficient (Wildman–Crippen LogP) is -6.92. The van der Waals surface area contributed by atoms with Gasteiger partial charge in [0.25, 0.3) is 0 Å². The van der Waals surface area contributed by atoms with Gasteiger partial charge in [-0.25, -0.2) is 0 Å². The number of rotatable bonds is 3. The summed E-state index contributed by atoms with van der Waals surface area (Å²) < 4.78 is 0. The Morgan fingerprint density at radius 2 is 0.750 bits per heavy atom. The fourth-order valence-corrected chi connectivity index (χ4v) is 0. The normalized spacial score (nSPS) is 6.94. The molecule has 0 aromatic carbocycles. The molecule has 10 heteroatoms. The van der Waals surface area contributed by atoms with Crippen LogP contribution in [0.2, 0.25) is 0 Å². The summed E-state index contributed by atoms with van der Waals surface area (Å²) in [6.07, 6.45) is 0. The molecule has 93 valence electrons. The van der Waals surface area contributed by atoms with Crippen LogP contribution in [0.25, 0.3) is 0 Å². The average Bonchev–Trinajstić information content (AvgIpc) is 2.19. The van der Waals surface area contributed by atoms with Gasteiger partial charge in [0.05, 0.1) is 17.9 Å². The van der Waals surface area contributed by atoms with Gasteiger partial charge in [-0.05, 0) is 0 Å². The summed E-state index contributed by atoms with van der Waals surface area (Å²) in [6, 6.07) is 0. The van der Waals surface area contributed by atoms with Crippen LogP contribution >= 0.6 is 0 Å². The smallest absolute Gasteiger partial charge is 0.549 e. The number of carbonyl (C=O) groups excluding carboxylic acids is 3. The second-order valence-corrected chi connectivity index (χ2v) is 1.73. The van der Waals surface area contributed by atoms with Crippen LogP contribution in [-0.4, -0.2) is 37.5 Å². The van der Waals surface area contributed by atoms with E-state index in [-0.39, 0.29) is 37.0 Å². The molecule has 0 saturated heterocycles. The van der Waals surface area contributed by atoms with Gasteiger partial charge in [-0.2, -0.15) is 0 Å². The maximum Gasteiger partial charge on any atom is 3.00 e. The molecule has 9 nitrogen and oxygen atoms in total. The summed E-state index contributed by atoms with van der Waals surface area (Å²) in [4.78, 5) is 27.4. The molecule has 0 rings (SSSR count). The minimum absolute atomic E-state index is 0. The molecule has 0 aromatic heterocycles. The maximum absolute atomic E-state index is 9.13. The Morgan fingerprint density at radius 3 is 0.750 bits per heavy atom. The number of carboxylic acid groups (broad SMARTS) is 3. The first kappa shape index (κ1) is 24.2. The second kappa shape index (κ2) is 19.4. The van der Waals surface area contributed by atoms with Gasteiger partial charge in [-0.15, -0.1) is 0 Å². The third-order valence-corrected chi connectivity index (χ3v) is 0.500. The minimum Gasteiger partial charge on any atom is -0.549 e. The topological polar surface area (TPSA) is 198 Å². The van der Waals surface area contributed by atoms with E-state index in [2.05, 4.69) is 17.2 Å². The molecular formula is C6H12CrN3O6. The standard InChI is InChI=1S/3C2H5NO2.Cr/c3*3-1-2(4)5;/h3*1,3H2,(H,4,5);/q;;;+3/p-3. The monoisotopic (exact) mass is 274 g/mol. The van der Waals surface area contributed by atoms with E-state index in [1.165, 1.54) is 0 Å². The zero-order chi connectivity index (χ0) is 12.9. The van der Waals surface area contributed by atoms with Gasteiger partial charge in [0.15, 0.2) is 0 Å². The van der Waals surface area contributed by atoms with Crippen molar-refractivity contribution < 1.29 is 47.1 Å². The van der Waals surface area contributed by atoms with Crippen molar-refractivity contribution in [3.8, 4) is 0 Å². The van der Waals surface area contributed by atoms with E-state index in [0.29, 0.717) is 0 Å². The Balaban J connectivity index is -0.0000000655. The largest absolute Gasteiger partial charge is 3.00 e. The molecule has 0 spiro atoms. The Hall–Kier alpha value is -1.18. The molecule has 0 saturated carbocycles. The summed E-state index contributed by atoms with van der Waals surface area (Å²) >= 11 is 0. The van der Waals surface area contributed by atoms with Crippen molar-refractivity contribution in [2.75, 3.05) is 19.6 Å². The molecule has 16 heavy (non-hydrogen) atoms. The van der Waals surface area contributed by atoms with E-state index < -0.39 is 17.9 Å². The summed E-state index contributed by atoms with van der Waals surface area (Å²) in [7, 11) is 0. The van der Waals surface area contributed by atoms with Gasteiger partial charge in [-0.1, -0.05) is 0 Å². The molecule has 6 N–H and O–H groups in total. The third kappa shape index (κ3) is 77.1. The van der Waals surface area contributed by atoms with E-state index in [1.807, 2.05) is 0 Å². The van der Waals surface area contributed by atoms with Crippen molar-refractivity contribution in [3.05, 3.63) is 0 Å². The molecule has 0 aromatic rings. The fourth-order valence-electron chi connectivity index (χ4n) is 0. The Labute approximate surface area is 102 Å². The van der Waals surface area contributed by atoms with Crippen molar-refractivity contribution >= 4 is 17.9 Å². The molecule has 0 amide bonds. The van der Waals surface area contributed by atoms with E-state index in [9.17, 15) is 0 Å². The summed E-state index contributed by atoms with van der Waals surface area (Å²) in [6.45, 7) is -1.17. The van der Waals surface area contributed by atoms with Crippen molar-refractivity contribution in [1.29, 1.82) is 0 Å². The Kier molecular flexibility index (Phi) is 29.3. The predicted molar refractivity (Wildman–Crippen MR) is 42.2 cm³/mol. The first-order valence-electron chi connectivity index (χ1n) is 3.51. The van der Waals surface area contributed by atoms with Crippen LogP contribution in [0, 0.1) is 0 Å². The van der Waals surface area contributed by atoms with Crippen LogP contribution in [-0.2, 0) is 31.7 Å². The number of carbonyl (C=O) groups is 3. The van der Waals surface area contributed by atoms with Gasteiger partial charge in [0.2, 0.25) is 0 Å². The summed E-state index contributed by atoms with van der Waals surface area (Å²) in [5.74, 6) is -3.65. The number of hydrogen-bond donors (Lipinski definition) is 3. The van der Waals surface area contributed by atoms with Crippen molar-refractivity contribution in [2.24, 2.45) is 17.2 Å². The average molecular weight is 274 g/mol. The quantitative estimate of drug-likeness (QED) is 0.447. The van der Waals surface area contributed by atoms with E-state index in [1.54, 1.807) is 0 Å². The van der Waals surface area contributed by atoms with Gasteiger partial charge in [-0.3, -0.25) is 0 Å². The van der Waals surface area contributed by atoms with Crippen molar-refractivity contribution in [1.82, 2.24) is 0 Å². The molecular weight excluding hydrogens is 262 g/mol. The van der Waals surface area contributed by atoms with Crippen LogP contribution in [0.5, 0.6) is 0 Å². The molecule has 1 radical (unpaired) electrons. The van der Waals surface area contributed by atoms with Crippen LogP contribution in [0.3, 0.4) is 0 Å². The first-order chi connectivity index (χ1) is 6.81. The van der Waals surface area contributed by atoms with Crippen LogP contribution < -0.4 is 32.5 Å². The SMILES string of the molecule is NCC(=O)[O-].NCC(=O)[O-].NCC(=O)[O-].[Cr+3]. The zero-order valence-corrected chi connectivity index (χ0v) is 9.49. The molecule has 0 aliphatic carbocycles. The molecule has 0 aliphatic rings. The van der Waals surface area contributed by atoms with E-state index >= 15 is 0 Å². The fraction of sp³-hybridized carbons (Fsp3) is 0.500. The molecule has 0 bridgehead atoms. The molecule has 0 fully saturated rings. The third-order valence-electron chi connectivity index (χ3n) is 0.500. The maximum atomic E-state index is 9.13. The summed E-state index contributed by atoms with van der Waals surface area (Å²) in [5.41, 5.74) is 13.5. The van der Waals surface area contributed by atoms with Gasteiger partial charge in [0.1, 0.15) is 0 Å². The molecule has 0 unspecified atom stereocenters. The zero-order valence-electron chi connectivity index (χ0n) is 8.21. The Bertz CT molecular complexity index is 167. The Morgan fingerprint density at radius 1 is 0.688 bits per heavy atom. The number of carboxylic acids is 3. The van der Waals surface area contributed by atoms with Crippen molar-refractivity contribution in [2.45, 2.75) is 0 Å². The van der Waals surface area contributed by atoms with Crippen LogP contribution in [0.1, 0.15) is 0 Å². The second-order valence-electron chi connectivity index (χ2n) is 1.73. The van der Waals surface area contributed by atoms with E-state index in [4.69, 9.17) is 29.7 Å². The van der Waals surface area contributed by atoms with Crippen LogP contribution in [0.15, 0.2) is 0 Å². The summed E-state index contributed by atoms with van der Waals surface area (Å²) in [5, 5.41) is 27.4. The van der Waals surface area contributed by atoms with Gasteiger partial charge < -0.3 is 46.9 Å².